The molecule has 0 unspecified atom stereocenters. The molecule has 0 amide bonds. The number of carbonyl (C=O) groups excluding carboxylic acids is 1. The van der Waals surface area contributed by atoms with Gasteiger partial charge in [0.05, 0.1) is 12.0 Å². The normalized spacial score (nSPS) is 17.1. The summed E-state index contributed by atoms with van der Waals surface area (Å²) in [5.41, 5.74) is 4.89. The van der Waals surface area contributed by atoms with Crippen LogP contribution in [0.2, 0.25) is 0 Å². The summed E-state index contributed by atoms with van der Waals surface area (Å²) in [6, 6.07) is 20.3. The smallest absolute Gasteiger partial charge is 0.170 e. The molecule has 0 aromatic heterocycles. The third-order valence-corrected chi connectivity index (χ3v) is 6.66. The van der Waals surface area contributed by atoms with Gasteiger partial charge in [0.25, 0.3) is 0 Å². The quantitative estimate of drug-likeness (QED) is 0.288. The Morgan fingerprint density at radius 3 is 1.94 bits per heavy atom. The highest BCUT2D eigenvalue weighted by atomic mass is 79.9. The van der Waals surface area contributed by atoms with Crippen LogP contribution in [-0.2, 0) is 0 Å². The first-order valence-corrected chi connectivity index (χ1v) is 12.8. The van der Waals surface area contributed by atoms with Crippen LogP contribution in [0.4, 0.5) is 0 Å². The van der Waals surface area contributed by atoms with Crippen molar-refractivity contribution >= 4 is 43.2 Å². The Morgan fingerprint density at radius 2 is 1.32 bits per heavy atom. The molecule has 5 heteroatoms. The fourth-order valence-corrected chi connectivity index (χ4v) is 4.86. The molecule has 2 heterocycles. The molecule has 0 saturated carbocycles. The number of rotatable bonds is 1. The van der Waals surface area contributed by atoms with Gasteiger partial charge in [-0.1, -0.05) is 61.7 Å². The van der Waals surface area contributed by atoms with Crippen molar-refractivity contribution in [1.29, 1.82) is 0 Å². The average Bonchev–Trinajstić information content (AvgIpc) is 2.74. The summed E-state index contributed by atoms with van der Waals surface area (Å²) in [6.07, 6.45) is 2.64. The second-order valence-electron chi connectivity index (χ2n) is 9.87. The van der Waals surface area contributed by atoms with Crippen molar-refractivity contribution in [3.05, 3.63) is 97.9 Å². The predicted molar refractivity (Wildman–Crippen MR) is 145 cm³/mol. The summed E-state index contributed by atoms with van der Waals surface area (Å²) in [6.45, 7) is 10.1. The molecule has 5 rings (SSSR count). The van der Waals surface area contributed by atoms with Crippen molar-refractivity contribution in [3.63, 3.8) is 0 Å². The van der Waals surface area contributed by atoms with E-state index in [0.29, 0.717) is 17.7 Å². The highest BCUT2D eigenvalue weighted by molar-refractivity contribution is 9.10. The van der Waals surface area contributed by atoms with Gasteiger partial charge in [-0.3, -0.25) is 4.79 Å². The van der Waals surface area contributed by atoms with E-state index in [-0.39, 0.29) is 17.0 Å². The fraction of sp³-hybridized carbons (Fsp3) is 0.276. The van der Waals surface area contributed by atoms with Crippen molar-refractivity contribution in [2.75, 3.05) is 0 Å². The van der Waals surface area contributed by atoms with E-state index in [2.05, 4.69) is 89.0 Å². The molecular formula is C29H28Br2O3. The Balaban J connectivity index is 0.000000172. The molecule has 3 aromatic rings. The average molecular weight is 584 g/mol. The Morgan fingerprint density at radius 1 is 0.765 bits per heavy atom. The Labute approximate surface area is 218 Å². The summed E-state index contributed by atoms with van der Waals surface area (Å²) < 4.78 is 13.7. The van der Waals surface area contributed by atoms with Gasteiger partial charge in [-0.15, -0.1) is 0 Å². The van der Waals surface area contributed by atoms with Crippen molar-refractivity contribution < 1.29 is 14.3 Å². The second kappa shape index (κ2) is 9.35. The maximum absolute atomic E-state index is 11.8. The lowest BCUT2D eigenvalue weighted by atomic mass is 9.90. The van der Waals surface area contributed by atoms with Gasteiger partial charge in [-0.2, -0.15) is 0 Å². The molecule has 0 aliphatic carbocycles. The van der Waals surface area contributed by atoms with Gasteiger partial charge < -0.3 is 9.47 Å². The molecule has 34 heavy (non-hydrogen) atoms. The van der Waals surface area contributed by atoms with Crippen LogP contribution in [0.3, 0.4) is 0 Å². The molecule has 3 aromatic carbocycles. The molecular weight excluding hydrogens is 556 g/mol. The van der Waals surface area contributed by atoms with Crippen LogP contribution in [0.15, 0.2) is 75.7 Å². The molecule has 0 spiro atoms. The molecule has 0 radical (unpaired) electrons. The third kappa shape index (κ3) is 5.64. The molecule has 0 atom stereocenters. The predicted octanol–water partition coefficient (Wildman–Crippen LogP) is 8.55. The maximum Gasteiger partial charge on any atom is 0.170 e. The molecule has 2 aliphatic rings. The van der Waals surface area contributed by atoms with Crippen molar-refractivity contribution in [3.8, 4) is 11.5 Å². The van der Waals surface area contributed by atoms with Gasteiger partial charge in [0.2, 0.25) is 0 Å². The lowest BCUT2D eigenvalue weighted by Crippen LogP contribution is -2.35. The maximum atomic E-state index is 11.8. The number of fused-ring (bicyclic) bond motifs is 2. The number of halogens is 2. The van der Waals surface area contributed by atoms with E-state index in [0.717, 1.165) is 20.3 Å². The summed E-state index contributed by atoms with van der Waals surface area (Å²) in [5, 5.41) is 0. The Hall–Kier alpha value is -2.37. The largest absolute Gasteiger partial charge is 0.487 e. The van der Waals surface area contributed by atoms with E-state index in [1.54, 1.807) is 0 Å². The zero-order valence-corrected chi connectivity index (χ0v) is 23.2. The highest BCUT2D eigenvalue weighted by Crippen LogP contribution is 2.40. The molecule has 0 saturated heterocycles. The van der Waals surface area contributed by atoms with Crippen LogP contribution < -0.4 is 9.47 Å². The first kappa shape index (κ1) is 24.7. The Bertz CT molecular complexity index is 1270. The zero-order chi connectivity index (χ0) is 24.7. The third-order valence-electron chi connectivity index (χ3n) is 5.67. The fourth-order valence-electron chi connectivity index (χ4n) is 4.14. The van der Waals surface area contributed by atoms with Gasteiger partial charge >= 0.3 is 0 Å². The minimum atomic E-state index is -0.377. The van der Waals surface area contributed by atoms with Crippen LogP contribution in [0.5, 0.6) is 11.5 Å². The topological polar surface area (TPSA) is 35.5 Å². The van der Waals surface area contributed by atoms with E-state index < -0.39 is 0 Å². The van der Waals surface area contributed by atoms with E-state index in [1.165, 1.54) is 16.7 Å². The van der Waals surface area contributed by atoms with E-state index in [1.807, 2.05) is 44.2 Å². The first-order chi connectivity index (χ1) is 15.9. The van der Waals surface area contributed by atoms with Crippen molar-refractivity contribution in [2.24, 2.45) is 0 Å². The Kier molecular flexibility index (Phi) is 6.80. The first-order valence-electron chi connectivity index (χ1n) is 11.2. The number of benzene rings is 3. The lowest BCUT2D eigenvalue weighted by Gasteiger charge is -2.31. The van der Waals surface area contributed by atoms with E-state index in [4.69, 9.17) is 9.47 Å². The molecule has 3 nitrogen and oxygen atoms in total. The minimum absolute atomic E-state index is 0.151. The monoisotopic (exact) mass is 582 g/mol. The van der Waals surface area contributed by atoms with Crippen LogP contribution >= 0.6 is 31.9 Å². The van der Waals surface area contributed by atoms with E-state index in [9.17, 15) is 4.79 Å². The number of ether oxygens (including phenoxy) is 2. The minimum Gasteiger partial charge on any atom is -0.487 e. The summed E-state index contributed by atoms with van der Waals surface area (Å²) in [4.78, 5) is 11.8. The summed E-state index contributed by atoms with van der Waals surface area (Å²) in [5.74, 6) is 1.78. The number of Topliss-reactive ketones (excluding diaryl/α,β-unsaturated/α-hetero) is 1. The van der Waals surface area contributed by atoms with Crippen LogP contribution in [0.25, 0.3) is 5.57 Å². The van der Waals surface area contributed by atoms with Crippen molar-refractivity contribution in [2.45, 2.75) is 52.2 Å². The van der Waals surface area contributed by atoms with Gasteiger partial charge in [-0.05, 0) is 88.2 Å². The number of ketones is 1. The van der Waals surface area contributed by atoms with Crippen LogP contribution in [-0.4, -0.2) is 17.0 Å². The van der Waals surface area contributed by atoms with Crippen LogP contribution in [0, 0.1) is 6.92 Å². The summed E-state index contributed by atoms with van der Waals surface area (Å²) >= 11 is 6.89. The lowest BCUT2D eigenvalue weighted by molar-refractivity contribution is 0.0620. The summed E-state index contributed by atoms with van der Waals surface area (Å²) in [7, 11) is 0. The van der Waals surface area contributed by atoms with Gasteiger partial charge in [0, 0.05) is 14.5 Å². The van der Waals surface area contributed by atoms with Crippen molar-refractivity contribution in [1.82, 2.24) is 0 Å². The zero-order valence-electron chi connectivity index (χ0n) is 20.0. The molecule has 0 N–H and O–H groups in total. The number of aryl methyl sites for hydroxylation is 1. The molecule has 176 valence electrons. The van der Waals surface area contributed by atoms with Gasteiger partial charge in [0.1, 0.15) is 22.7 Å². The SMILES string of the molecule is CC1(C)CC(=O)c2cc(Br)ccc2O1.Cc1ccc(C2=CC(C)(C)Oc3ccc(Br)cc32)cc1. The standard InChI is InChI=1S/C18H17BrO.C11H11BrO2/c1-12-4-6-13(7-5-12)16-11-18(2,3)20-17-9-8-14(19)10-15(16)17;1-11(2)6-9(13)8-5-7(12)3-4-10(8)14-11/h4-11H,1-3H3;3-5H,6H2,1-2H3. The molecule has 0 fully saturated rings. The number of carbonyl (C=O) groups is 1. The number of hydrogen-bond acceptors (Lipinski definition) is 3. The highest BCUT2D eigenvalue weighted by Gasteiger charge is 2.32. The second-order valence-corrected chi connectivity index (χ2v) is 11.7. The van der Waals surface area contributed by atoms with Gasteiger partial charge in [-0.25, -0.2) is 0 Å². The van der Waals surface area contributed by atoms with Crippen LogP contribution in [0.1, 0.15) is 61.2 Å². The van der Waals surface area contributed by atoms with Gasteiger partial charge in [0.15, 0.2) is 5.78 Å². The molecule has 0 bridgehead atoms. The van der Waals surface area contributed by atoms with E-state index >= 15 is 0 Å². The molecule has 2 aliphatic heterocycles. The number of hydrogen-bond donors (Lipinski definition) is 0.